The molecule has 0 saturated carbocycles. The van der Waals surface area contributed by atoms with Gasteiger partial charge >= 0.3 is 174 Å². The van der Waals surface area contributed by atoms with Gasteiger partial charge in [0.1, 0.15) is 0 Å². The van der Waals surface area contributed by atoms with Crippen LogP contribution < -0.4 is 16.9 Å². The van der Waals surface area contributed by atoms with E-state index in [-0.39, 0.29) is 0 Å². The summed E-state index contributed by atoms with van der Waals surface area (Å²) >= 11 is 0. The summed E-state index contributed by atoms with van der Waals surface area (Å²) in [6.07, 6.45) is 17.8. The Labute approximate surface area is 173 Å². The molecule has 0 fully saturated rings. The van der Waals surface area contributed by atoms with Crippen molar-refractivity contribution < 1.29 is 16.9 Å². The molecule has 0 atom stereocenters. The monoisotopic (exact) mass is 402 g/mol. The zero-order valence-corrected chi connectivity index (χ0v) is 19.1. The molecule has 4 aromatic rings. The number of hydrogen-bond acceptors (Lipinski definition) is 0. The molecule has 0 bridgehead atoms. The van der Waals surface area contributed by atoms with Crippen LogP contribution >= 0.6 is 0 Å². The van der Waals surface area contributed by atoms with E-state index in [1.54, 1.807) is 0 Å². The molecule has 0 radical (unpaired) electrons. The quantitative estimate of drug-likeness (QED) is 0.460. The van der Waals surface area contributed by atoms with E-state index in [2.05, 4.69) is 143 Å². The Hall–Kier alpha value is -3.18. The predicted octanol–water partition coefficient (Wildman–Crippen LogP) is 1.46. The van der Waals surface area contributed by atoms with Gasteiger partial charge in [-0.15, -0.1) is 0 Å². The van der Waals surface area contributed by atoms with Crippen LogP contribution in [-0.2, 0) is 0 Å². The summed E-state index contributed by atoms with van der Waals surface area (Å²) in [6.45, 7) is 8.54. The second-order valence-corrected chi connectivity index (χ2v) is 13.0. The molecule has 5 heteroatoms. The van der Waals surface area contributed by atoms with Gasteiger partial charge in [0.15, 0.2) is 0 Å². The average Bonchev–Trinajstić information content (AvgIpc) is 2.73. The van der Waals surface area contributed by atoms with E-state index < -0.39 is 8.72 Å². The van der Waals surface area contributed by atoms with Crippen LogP contribution in [0.1, 0.15) is 22.3 Å². The third-order valence-corrected chi connectivity index (χ3v) is 11.8. The Morgan fingerprint density at radius 1 is 0.379 bits per heavy atom. The fourth-order valence-electron chi connectivity index (χ4n) is 4.39. The van der Waals surface area contributed by atoms with Crippen LogP contribution in [0.15, 0.2) is 98.1 Å². The van der Waals surface area contributed by atoms with Crippen LogP contribution in [0.2, 0.25) is 0 Å². The Morgan fingerprint density at radius 3 is 0.724 bits per heavy atom. The summed E-state index contributed by atoms with van der Waals surface area (Å²) in [6, 6.07) is 17.6. The molecule has 29 heavy (non-hydrogen) atoms. The Morgan fingerprint density at radius 2 is 0.552 bits per heavy atom. The fraction of sp³-hybridized carbons (Fsp3) is 0.167. The van der Waals surface area contributed by atoms with Crippen LogP contribution in [0.25, 0.3) is 0 Å². The van der Waals surface area contributed by atoms with Gasteiger partial charge in [-0.05, 0) is 0 Å². The minimum atomic E-state index is -3.54. The molecule has 4 rings (SSSR count). The summed E-state index contributed by atoms with van der Waals surface area (Å²) in [5, 5.41) is 0. The van der Waals surface area contributed by atoms with E-state index in [9.17, 15) is 0 Å². The van der Waals surface area contributed by atoms with E-state index in [4.69, 9.17) is 0 Å². The van der Waals surface area contributed by atoms with Gasteiger partial charge in [0, 0.05) is 0 Å². The van der Waals surface area contributed by atoms with Gasteiger partial charge in [0.25, 0.3) is 0 Å². The molecule has 0 amide bonds. The first-order chi connectivity index (χ1) is 14.0. The van der Waals surface area contributed by atoms with Crippen molar-refractivity contribution in [3.8, 4) is 0 Å². The second kappa shape index (κ2) is 7.68. The van der Waals surface area contributed by atoms with Gasteiger partial charge in [0.2, 0.25) is 0 Å². The van der Waals surface area contributed by atoms with E-state index in [1.165, 1.54) is 22.3 Å². The third kappa shape index (κ3) is 3.49. The van der Waals surface area contributed by atoms with Gasteiger partial charge in [-0.25, -0.2) is 0 Å². The van der Waals surface area contributed by atoms with Crippen LogP contribution in [0.5, 0.6) is 0 Å². The number of aryl methyl sites for hydroxylation is 4. The SMILES string of the molecule is Cc1cc[n+]([SiH2-2]([n+]2ccc(C)cc2)([n+]2ccc(C)cc2)[n+]2ccc(C)cc2)cc1. The number of hydrogen-bond donors (Lipinski definition) is 0. The summed E-state index contributed by atoms with van der Waals surface area (Å²) in [5.41, 5.74) is 5.04. The molecule has 4 nitrogen and oxygen atoms in total. The van der Waals surface area contributed by atoms with E-state index in [1.807, 2.05) is 0 Å². The molecule has 4 aromatic heterocycles. The molecule has 148 valence electrons. The topological polar surface area (TPSA) is 15.5 Å². The number of rotatable bonds is 4. The second-order valence-electron chi connectivity index (χ2n) is 8.41. The molecule has 0 unspecified atom stereocenters. The molecule has 0 spiro atoms. The first-order valence-electron chi connectivity index (χ1n) is 10.3. The standard InChI is InChI=1S/C24H30N4Si/c1-21-5-13-25(14-6-21)29(26-15-7-22(2)8-16-26,27-17-9-23(3)10-18-27)28-19-11-24(4)12-20-28/h5-20H,29H2,1-4H3/q+2. The van der Waals surface area contributed by atoms with Crippen molar-refractivity contribution in [2.45, 2.75) is 27.7 Å². The summed E-state index contributed by atoms with van der Waals surface area (Å²) in [7, 11) is -3.54. The summed E-state index contributed by atoms with van der Waals surface area (Å²) in [5.74, 6) is 0. The third-order valence-electron chi connectivity index (χ3n) is 6.19. The predicted molar refractivity (Wildman–Crippen MR) is 116 cm³/mol. The molecule has 0 aromatic carbocycles. The Bertz CT molecular complexity index is 916. The zero-order valence-electron chi connectivity index (χ0n) is 17.7. The maximum atomic E-state index is 2.43. The molecular weight excluding hydrogens is 372 g/mol. The first kappa shape index (κ1) is 19.1. The Kier molecular flexibility index (Phi) is 5.07. The average molecular weight is 403 g/mol. The van der Waals surface area contributed by atoms with Gasteiger partial charge in [-0.2, -0.15) is 0 Å². The van der Waals surface area contributed by atoms with Gasteiger partial charge in [0.05, 0.1) is 0 Å². The van der Waals surface area contributed by atoms with Crippen LogP contribution in [0.3, 0.4) is 0 Å². The van der Waals surface area contributed by atoms with Crippen LogP contribution in [-0.4, -0.2) is 8.72 Å². The van der Waals surface area contributed by atoms with Crippen LogP contribution in [0, 0.1) is 27.7 Å². The number of aromatic nitrogens is 4. The molecule has 4 heterocycles. The van der Waals surface area contributed by atoms with Crippen molar-refractivity contribution in [1.29, 1.82) is 0 Å². The number of nitrogens with zero attached hydrogens (tertiary/aromatic N) is 4. The van der Waals surface area contributed by atoms with E-state index >= 15 is 0 Å². The molecule has 0 aliphatic rings. The Balaban J connectivity index is 2.11. The zero-order chi connectivity index (χ0) is 20.4. The van der Waals surface area contributed by atoms with E-state index in [0.29, 0.717) is 0 Å². The molecule has 0 N–H and O–H groups in total. The fourth-order valence-corrected chi connectivity index (χ4v) is 9.76. The summed E-state index contributed by atoms with van der Waals surface area (Å²) < 4.78 is 9.72. The van der Waals surface area contributed by atoms with Crippen LogP contribution in [0.4, 0.5) is 0 Å². The van der Waals surface area contributed by atoms with Crippen molar-refractivity contribution >= 4 is 8.72 Å². The van der Waals surface area contributed by atoms with Gasteiger partial charge in [-0.1, -0.05) is 0 Å². The van der Waals surface area contributed by atoms with Crippen molar-refractivity contribution in [2.75, 3.05) is 0 Å². The van der Waals surface area contributed by atoms with E-state index in [0.717, 1.165) is 0 Å². The molecular formula is C24H30N4Si+2. The van der Waals surface area contributed by atoms with Crippen molar-refractivity contribution in [3.63, 3.8) is 0 Å². The first-order valence-corrected chi connectivity index (χ1v) is 12.8. The van der Waals surface area contributed by atoms with Gasteiger partial charge < -0.3 is 0 Å². The normalized spacial score (nSPS) is 12.0. The minimum absolute atomic E-state index is 1.26. The van der Waals surface area contributed by atoms with Crippen molar-refractivity contribution in [1.82, 2.24) is 0 Å². The maximum absolute atomic E-state index is 3.54. The van der Waals surface area contributed by atoms with Crippen molar-refractivity contribution in [2.24, 2.45) is 0 Å². The molecule has 0 aliphatic carbocycles. The number of pyridine rings is 4. The molecule has 0 saturated heterocycles. The van der Waals surface area contributed by atoms with Crippen molar-refractivity contribution in [3.05, 3.63) is 120 Å². The van der Waals surface area contributed by atoms with Gasteiger partial charge in [-0.3, -0.25) is 0 Å². The molecule has 0 aliphatic heterocycles. The summed E-state index contributed by atoms with van der Waals surface area (Å²) in [4.78, 5) is 0.